The van der Waals surface area contributed by atoms with Crippen molar-refractivity contribution in [1.29, 1.82) is 0 Å². The second-order valence-electron chi connectivity index (χ2n) is 4.18. The molecule has 0 aliphatic heterocycles. The Morgan fingerprint density at radius 3 is 2.79 bits per heavy atom. The summed E-state index contributed by atoms with van der Waals surface area (Å²) in [5.74, 6) is -0.167. The molecule has 0 saturated heterocycles. The predicted octanol–water partition coefficient (Wildman–Crippen LogP) is 0.248. The van der Waals surface area contributed by atoms with Crippen molar-refractivity contribution in [3.05, 3.63) is 48.5 Å². The maximum atomic E-state index is 11.7. The molecule has 0 aliphatic carbocycles. The summed E-state index contributed by atoms with van der Waals surface area (Å²) in [6, 6.07) is 5.65. The lowest BCUT2D eigenvalue weighted by atomic mass is 10.2. The van der Waals surface area contributed by atoms with Crippen molar-refractivity contribution < 1.29 is 9.36 Å². The molecule has 0 bridgehead atoms. The summed E-state index contributed by atoms with van der Waals surface area (Å²) in [5, 5.41) is 8.11. The summed E-state index contributed by atoms with van der Waals surface area (Å²) < 4.78 is 3.47. The van der Waals surface area contributed by atoms with Crippen molar-refractivity contribution in [3.63, 3.8) is 0 Å². The Hall–Kier alpha value is -2.50. The highest BCUT2D eigenvalue weighted by Gasteiger charge is 2.07. The standard InChI is InChI=1S/C13H15N5O/c1-11(12-8-14-17(2)9-12)15-16-13(19)10-18-6-4-3-5-7-18/h3-9H,10H2,1-2H3/p+1/b15-11-. The van der Waals surface area contributed by atoms with Crippen molar-refractivity contribution >= 4 is 11.6 Å². The molecule has 98 valence electrons. The summed E-state index contributed by atoms with van der Waals surface area (Å²) in [6.45, 7) is 2.07. The zero-order valence-electron chi connectivity index (χ0n) is 10.9. The number of hydrazone groups is 1. The first-order valence-electron chi connectivity index (χ1n) is 5.91. The van der Waals surface area contributed by atoms with E-state index in [4.69, 9.17) is 0 Å². The Morgan fingerprint density at radius 2 is 2.16 bits per heavy atom. The third kappa shape index (κ3) is 3.74. The number of rotatable bonds is 4. The smallest absolute Gasteiger partial charge is 0.275 e. The highest BCUT2D eigenvalue weighted by atomic mass is 16.2. The molecule has 0 radical (unpaired) electrons. The first kappa shape index (κ1) is 12.9. The maximum Gasteiger partial charge on any atom is 0.305 e. The summed E-state index contributed by atoms with van der Waals surface area (Å²) in [6.07, 6.45) is 7.21. The Bertz CT molecular complexity index is 588. The quantitative estimate of drug-likeness (QED) is 0.485. The van der Waals surface area contributed by atoms with E-state index < -0.39 is 0 Å². The number of carbonyl (C=O) groups excluding carboxylic acids is 1. The van der Waals surface area contributed by atoms with Crippen LogP contribution in [0.15, 0.2) is 48.1 Å². The second kappa shape index (κ2) is 5.90. The molecule has 0 atom stereocenters. The van der Waals surface area contributed by atoms with Gasteiger partial charge in [-0.3, -0.25) is 9.48 Å². The highest BCUT2D eigenvalue weighted by Crippen LogP contribution is 1.97. The molecule has 0 aromatic carbocycles. The fraction of sp³-hybridized carbons (Fsp3) is 0.231. The highest BCUT2D eigenvalue weighted by molar-refractivity contribution is 5.98. The lowest BCUT2D eigenvalue weighted by molar-refractivity contribution is -0.684. The van der Waals surface area contributed by atoms with Crippen molar-refractivity contribution in [3.8, 4) is 0 Å². The number of aryl methyl sites for hydroxylation is 1. The van der Waals surface area contributed by atoms with Gasteiger partial charge in [0.25, 0.3) is 0 Å². The molecular weight excluding hydrogens is 242 g/mol. The van der Waals surface area contributed by atoms with Gasteiger partial charge in [-0.15, -0.1) is 0 Å². The number of nitrogens with zero attached hydrogens (tertiary/aromatic N) is 4. The normalized spacial score (nSPS) is 11.4. The number of amides is 1. The number of carbonyl (C=O) groups is 1. The molecule has 19 heavy (non-hydrogen) atoms. The van der Waals surface area contributed by atoms with Gasteiger partial charge in [-0.05, 0) is 6.92 Å². The number of pyridine rings is 1. The van der Waals surface area contributed by atoms with Crippen LogP contribution < -0.4 is 9.99 Å². The fourth-order valence-electron chi connectivity index (χ4n) is 1.56. The van der Waals surface area contributed by atoms with Crippen molar-refractivity contribution in [1.82, 2.24) is 15.2 Å². The Balaban J connectivity index is 1.93. The molecule has 6 heteroatoms. The van der Waals surface area contributed by atoms with Gasteiger partial charge >= 0.3 is 5.91 Å². The summed E-state index contributed by atoms with van der Waals surface area (Å²) >= 11 is 0. The van der Waals surface area contributed by atoms with E-state index >= 15 is 0 Å². The van der Waals surface area contributed by atoms with E-state index in [1.165, 1.54) is 0 Å². The minimum atomic E-state index is -0.167. The van der Waals surface area contributed by atoms with Gasteiger partial charge in [-0.2, -0.15) is 14.8 Å². The van der Waals surface area contributed by atoms with Crippen LogP contribution in [0.3, 0.4) is 0 Å². The molecule has 0 unspecified atom stereocenters. The zero-order valence-corrected chi connectivity index (χ0v) is 10.9. The van der Waals surface area contributed by atoms with Crippen LogP contribution in [-0.4, -0.2) is 21.4 Å². The number of hydrogen-bond acceptors (Lipinski definition) is 3. The van der Waals surface area contributed by atoms with Crippen LogP contribution in [0.1, 0.15) is 12.5 Å². The Kier molecular flexibility index (Phi) is 4.02. The summed E-state index contributed by atoms with van der Waals surface area (Å²) in [7, 11) is 1.83. The van der Waals surface area contributed by atoms with E-state index in [9.17, 15) is 4.79 Å². The van der Waals surface area contributed by atoms with Crippen molar-refractivity contribution in [2.24, 2.45) is 12.1 Å². The van der Waals surface area contributed by atoms with Crippen LogP contribution in [0.4, 0.5) is 0 Å². The molecule has 0 fully saturated rings. The van der Waals surface area contributed by atoms with Crippen LogP contribution in [0.25, 0.3) is 0 Å². The maximum absolute atomic E-state index is 11.7. The van der Waals surface area contributed by atoms with Gasteiger partial charge in [-0.1, -0.05) is 6.07 Å². The van der Waals surface area contributed by atoms with Crippen molar-refractivity contribution in [2.45, 2.75) is 13.5 Å². The fourth-order valence-corrected chi connectivity index (χ4v) is 1.56. The number of hydrogen-bond donors (Lipinski definition) is 1. The van der Waals surface area contributed by atoms with E-state index in [2.05, 4.69) is 15.6 Å². The molecule has 2 aromatic rings. The largest absolute Gasteiger partial charge is 0.305 e. The first-order chi connectivity index (χ1) is 9.15. The molecule has 1 N–H and O–H groups in total. The number of nitrogens with one attached hydrogen (secondary N) is 1. The molecular formula is C13H16N5O+. The summed E-state index contributed by atoms with van der Waals surface area (Å²) in [4.78, 5) is 11.7. The average molecular weight is 258 g/mol. The summed E-state index contributed by atoms with van der Waals surface area (Å²) in [5.41, 5.74) is 4.14. The SMILES string of the molecule is C/C(=N/NC(=O)C[n+]1ccccc1)c1cnn(C)c1. The predicted molar refractivity (Wildman–Crippen MR) is 70.2 cm³/mol. The molecule has 2 heterocycles. The lowest BCUT2D eigenvalue weighted by Gasteiger charge is -1.98. The second-order valence-corrected chi connectivity index (χ2v) is 4.18. The van der Waals surface area contributed by atoms with E-state index in [-0.39, 0.29) is 12.5 Å². The molecule has 2 aromatic heterocycles. The van der Waals surface area contributed by atoms with Gasteiger partial charge in [0, 0.05) is 30.9 Å². The Labute approximate surface area is 111 Å². The van der Waals surface area contributed by atoms with Gasteiger partial charge in [0.1, 0.15) is 0 Å². The van der Waals surface area contributed by atoms with E-state index in [1.807, 2.05) is 50.8 Å². The molecule has 6 nitrogen and oxygen atoms in total. The Morgan fingerprint density at radius 1 is 1.42 bits per heavy atom. The monoisotopic (exact) mass is 258 g/mol. The molecule has 0 saturated carbocycles. The molecule has 0 spiro atoms. The molecule has 1 amide bonds. The number of aromatic nitrogens is 3. The van der Waals surface area contributed by atoms with E-state index in [0.717, 1.165) is 11.3 Å². The van der Waals surface area contributed by atoms with Gasteiger partial charge in [-0.25, -0.2) is 5.43 Å². The van der Waals surface area contributed by atoms with E-state index in [0.29, 0.717) is 0 Å². The van der Waals surface area contributed by atoms with Crippen LogP contribution in [0.2, 0.25) is 0 Å². The lowest BCUT2D eigenvalue weighted by Crippen LogP contribution is -2.41. The minimum absolute atomic E-state index is 0.167. The van der Waals surface area contributed by atoms with Gasteiger partial charge < -0.3 is 0 Å². The topological polar surface area (TPSA) is 63.2 Å². The first-order valence-corrected chi connectivity index (χ1v) is 5.91. The van der Waals surface area contributed by atoms with E-state index in [1.54, 1.807) is 15.4 Å². The third-order valence-electron chi connectivity index (χ3n) is 2.57. The minimum Gasteiger partial charge on any atom is -0.275 e. The van der Waals surface area contributed by atoms with Gasteiger partial charge in [0.2, 0.25) is 6.54 Å². The van der Waals surface area contributed by atoms with Crippen LogP contribution in [-0.2, 0) is 18.4 Å². The van der Waals surface area contributed by atoms with Crippen molar-refractivity contribution in [2.75, 3.05) is 0 Å². The third-order valence-corrected chi connectivity index (χ3v) is 2.57. The van der Waals surface area contributed by atoms with Crippen LogP contribution in [0, 0.1) is 0 Å². The molecule has 0 aliphatic rings. The van der Waals surface area contributed by atoms with Crippen LogP contribution in [0.5, 0.6) is 0 Å². The molecule has 2 rings (SSSR count). The van der Waals surface area contributed by atoms with Gasteiger partial charge in [0.05, 0.1) is 11.9 Å². The van der Waals surface area contributed by atoms with Crippen LogP contribution >= 0.6 is 0 Å². The van der Waals surface area contributed by atoms with Gasteiger partial charge in [0.15, 0.2) is 12.4 Å². The average Bonchev–Trinajstić information content (AvgIpc) is 2.84. The zero-order chi connectivity index (χ0) is 13.7.